The predicted molar refractivity (Wildman–Crippen MR) is 71.3 cm³/mol. The fourth-order valence-corrected chi connectivity index (χ4v) is 2.10. The smallest absolute Gasteiger partial charge is 0.331 e. The van der Waals surface area contributed by atoms with E-state index in [1.165, 1.54) is 6.08 Å². The lowest BCUT2D eigenvalue weighted by Gasteiger charge is -2.35. The van der Waals surface area contributed by atoms with Gasteiger partial charge in [-0.15, -0.1) is 0 Å². The van der Waals surface area contributed by atoms with Crippen molar-refractivity contribution in [3.8, 4) is 0 Å². The fourth-order valence-electron chi connectivity index (χ4n) is 1.16. The first-order valence-corrected chi connectivity index (χ1v) is 8.81. The van der Waals surface area contributed by atoms with Gasteiger partial charge in [0.15, 0.2) is 8.32 Å². The second-order valence-corrected chi connectivity index (χ2v) is 10.6. The van der Waals surface area contributed by atoms with Crippen molar-refractivity contribution in [3.63, 3.8) is 0 Å². The van der Waals surface area contributed by atoms with E-state index in [4.69, 9.17) is 9.16 Å². The van der Waals surface area contributed by atoms with Crippen LogP contribution in [0.15, 0.2) is 23.8 Å². The monoisotopic (exact) mass is 254 g/mol. The van der Waals surface area contributed by atoms with E-state index in [2.05, 4.69) is 33.9 Å². The fraction of sp³-hybridized carbons (Fsp3) is 0.615. The second kappa shape index (κ2) is 5.19. The molecule has 1 rings (SSSR count). The molecule has 1 aliphatic heterocycles. The maximum atomic E-state index is 10.8. The lowest BCUT2D eigenvalue weighted by atomic mass is 10.2. The van der Waals surface area contributed by atoms with Crippen LogP contribution in [-0.2, 0) is 14.0 Å². The summed E-state index contributed by atoms with van der Waals surface area (Å²) < 4.78 is 10.8. The molecule has 0 N–H and O–H groups in total. The molecule has 0 bridgehead atoms. The summed E-state index contributed by atoms with van der Waals surface area (Å²) in [6.45, 7) is 12.1. The van der Waals surface area contributed by atoms with Gasteiger partial charge in [-0.2, -0.15) is 0 Å². The van der Waals surface area contributed by atoms with Crippen LogP contribution >= 0.6 is 0 Å². The van der Waals surface area contributed by atoms with E-state index < -0.39 is 8.32 Å². The quantitative estimate of drug-likeness (QED) is 0.571. The Morgan fingerprint density at radius 1 is 1.47 bits per heavy atom. The molecule has 0 unspecified atom stereocenters. The van der Waals surface area contributed by atoms with Gasteiger partial charge in [0.05, 0.1) is 6.61 Å². The number of rotatable bonds is 4. The van der Waals surface area contributed by atoms with E-state index in [1.807, 2.05) is 12.2 Å². The van der Waals surface area contributed by atoms with Crippen molar-refractivity contribution in [2.24, 2.45) is 0 Å². The van der Waals surface area contributed by atoms with Gasteiger partial charge in [-0.1, -0.05) is 32.9 Å². The summed E-state index contributed by atoms with van der Waals surface area (Å²) >= 11 is 0. The maximum Gasteiger partial charge on any atom is 0.331 e. The second-order valence-electron chi connectivity index (χ2n) is 5.80. The largest absolute Gasteiger partial charge is 0.458 e. The number of cyclic esters (lactones) is 1. The predicted octanol–water partition coefficient (Wildman–Crippen LogP) is 3.05. The van der Waals surface area contributed by atoms with E-state index in [9.17, 15) is 4.79 Å². The number of esters is 1. The number of hydrogen-bond acceptors (Lipinski definition) is 3. The lowest BCUT2D eigenvalue weighted by Crippen LogP contribution is -2.40. The molecule has 0 aromatic heterocycles. The average molecular weight is 254 g/mol. The number of carbonyl (C=O) groups is 1. The molecular weight excluding hydrogens is 232 g/mol. The van der Waals surface area contributed by atoms with Crippen molar-refractivity contribution in [1.82, 2.24) is 0 Å². The Balaban J connectivity index is 2.40. The standard InChI is InChI=1S/C13H22O3Si/c1-13(2,3)17(4,5)16-8-6-7-11-9-12(14)15-10-11/h6-7,9H,8,10H2,1-5H3/b7-6+. The lowest BCUT2D eigenvalue weighted by molar-refractivity contribution is -0.134. The first-order valence-electron chi connectivity index (χ1n) is 5.90. The van der Waals surface area contributed by atoms with E-state index in [0.29, 0.717) is 13.2 Å². The average Bonchev–Trinajstić information content (AvgIpc) is 2.57. The van der Waals surface area contributed by atoms with Crippen LogP contribution in [0.1, 0.15) is 20.8 Å². The van der Waals surface area contributed by atoms with Crippen LogP contribution in [0.4, 0.5) is 0 Å². The number of carbonyl (C=O) groups excluding carboxylic acids is 1. The minimum absolute atomic E-state index is 0.229. The molecule has 96 valence electrons. The Morgan fingerprint density at radius 2 is 2.12 bits per heavy atom. The summed E-state index contributed by atoms with van der Waals surface area (Å²) in [6, 6.07) is 0. The van der Waals surface area contributed by atoms with Crippen molar-refractivity contribution in [2.75, 3.05) is 13.2 Å². The summed E-state index contributed by atoms with van der Waals surface area (Å²) in [6.07, 6.45) is 5.37. The highest BCUT2D eigenvalue weighted by molar-refractivity contribution is 6.74. The molecule has 0 aromatic rings. The van der Waals surface area contributed by atoms with Gasteiger partial charge in [0, 0.05) is 6.08 Å². The maximum absolute atomic E-state index is 10.8. The zero-order valence-corrected chi connectivity index (χ0v) is 12.4. The molecule has 0 saturated carbocycles. The number of hydrogen-bond donors (Lipinski definition) is 0. The normalized spacial score (nSPS) is 17.5. The molecule has 3 nitrogen and oxygen atoms in total. The Kier molecular flexibility index (Phi) is 4.33. The Hall–Kier alpha value is -0.873. The summed E-state index contributed by atoms with van der Waals surface area (Å²) in [5.74, 6) is -0.255. The van der Waals surface area contributed by atoms with E-state index >= 15 is 0 Å². The van der Waals surface area contributed by atoms with Gasteiger partial charge in [0.1, 0.15) is 6.61 Å². The first kappa shape index (κ1) is 14.2. The first-order chi connectivity index (χ1) is 7.72. The van der Waals surface area contributed by atoms with Gasteiger partial charge >= 0.3 is 5.97 Å². The molecule has 0 saturated heterocycles. The summed E-state index contributed by atoms with van der Waals surface area (Å²) in [4.78, 5) is 10.8. The third-order valence-corrected chi connectivity index (χ3v) is 7.86. The molecule has 0 spiro atoms. The molecule has 4 heteroatoms. The summed E-state index contributed by atoms with van der Waals surface area (Å²) in [5, 5.41) is 0.229. The van der Waals surface area contributed by atoms with Crippen LogP contribution in [-0.4, -0.2) is 27.5 Å². The Bertz CT molecular complexity index is 348. The van der Waals surface area contributed by atoms with Crippen LogP contribution < -0.4 is 0 Å². The van der Waals surface area contributed by atoms with Crippen LogP contribution in [0, 0.1) is 0 Å². The molecule has 17 heavy (non-hydrogen) atoms. The van der Waals surface area contributed by atoms with Gasteiger partial charge in [0.25, 0.3) is 0 Å². The van der Waals surface area contributed by atoms with Gasteiger partial charge < -0.3 is 9.16 Å². The van der Waals surface area contributed by atoms with Crippen molar-refractivity contribution >= 4 is 14.3 Å². The molecule has 0 radical (unpaired) electrons. The van der Waals surface area contributed by atoms with E-state index in [-0.39, 0.29) is 11.0 Å². The Morgan fingerprint density at radius 3 is 2.59 bits per heavy atom. The van der Waals surface area contributed by atoms with Crippen LogP contribution in [0.2, 0.25) is 18.1 Å². The van der Waals surface area contributed by atoms with Gasteiger partial charge in [-0.25, -0.2) is 4.79 Å². The highest BCUT2D eigenvalue weighted by Crippen LogP contribution is 2.36. The number of ether oxygens (including phenoxy) is 1. The van der Waals surface area contributed by atoms with E-state index in [0.717, 1.165) is 5.57 Å². The molecule has 0 aromatic carbocycles. The highest BCUT2D eigenvalue weighted by Gasteiger charge is 2.36. The molecule has 1 heterocycles. The van der Waals surface area contributed by atoms with Gasteiger partial charge in [-0.3, -0.25) is 0 Å². The molecule has 1 aliphatic rings. The van der Waals surface area contributed by atoms with Crippen molar-refractivity contribution in [1.29, 1.82) is 0 Å². The summed E-state index contributed by atoms with van der Waals surface area (Å²) in [5.41, 5.74) is 0.911. The van der Waals surface area contributed by atoms with Crippen LogP contribution in [0.5, 0.6) is 0 Å². The zero-order valence-electron chi connectivity index (χ0n) is 11.4. The van der Waals surface area contributed by atoms with Gasteiger partial charge in [-0.05, 0) is 23.7 Å². The minimum atomic E-state index is -1.66. The van der Waals surface area contributed by atoms with Crippen molar-refractivity contribution in [2.45, 2.75) is 38.9 Å². The zero-order chi connectivity index (χ0) is 13.1. The SMILES string of the molecule is CC(C)(C)[Si](C)(C)OC/C=C/C1=CC(=O)OC1. The molecule has 0 aliphatic carbocycles. The molecule has 0 atom stereocenters. The van der Waals surface area contributed by atoms with E-state index in [1.54, 1.807) is 0 Å². The Labute approximate surface area is 105 Å². The van der Waals surface area contributed by atoms with Crippen LogP contribution in [0.25, 0.3) is 0 Å². The summed E-state index contributed by atoms with van der Waals surface area (Å²) in [7, 11) is -1.66. The molecule has 0 amide bonds. The molecule has 0 fully saturated rings. The highest BCUT2D eigenvalue weighted by atomic mass is 28.4. The minimum Gasteiger partial charge on any atom is -0.458 e. The van der Waals surface area contributed by atoms with Crippen LogP contribution in [0.3, 0.4) is 0 Å². The third kappa shape index (κ3) is 4.13. The van der Waals surface area contributed by atoms with Crippen molar-refractivity contribution < 1.29 is 14.0 Å². The van der Waals surface area contributed by atoms with Crippen molar-refractivity contribution in [3.05, 3.63) is 23.8 Å². The van der Waals surface area contributed by atoms with Gasteiger partial charge in [0.2, 0.25) is 0 Å². The molecular formula is C13H22O3Si. The topological polar surface area (TPSA) is 35.5 Å². The third-order valence-electron chi connectivity index (χ3n) is 3.36.